The smallest absolute Gasteiger partial charge is 0.332 e. The molecule has 27 heavy (non-hydrogen) atoms. The van der Waals surface area contributed by atoms with E-state index < -0.39 is 17.4 Å². The molecule has 0 fully saturated rings. The summed E-state index contributed by atoms with van der Waals surface area (Å²) < 4.78 is 2.25. The zero-order valence-corrected chi connectivity index (χ0v) is 15.5. The van der Waals surface area contributed by atoms with Gasteiger partial charge in [-0.3, -0.25) is 18.9 Å². The van der Waals surface area contributed by atoms with E-state index >= 15 is 0 Å². The Bertz CT molecular complexity index is 1100. The molecule has 2 atom stereocenters. The van der Waals surface area contributed by atoms with Gasteiger partial charge in [-0.1, -0.05) is 40.7 Å². The molecule has 2 heterocycles. The number of nitrogens with zero attached hydrogens (tertiary/aromatic N) is 6. The number of aromatic amines is 1. The fourth-order valence-corrected chi connectivity index (χ4v) is 2.69. The quantitative estimate of drug-likeness (QED) is 0.512. The van der Waals surface area contributed by atoms with Gasteiger partial charge in [0.05, 0.1) is 6.04 Å². The van der Waals surface area contributed by atoms with E-state index in [0.717, 1.165) is 10.1 Å². The number of hydrogen-bond acceptors (Lipinski definition) is 6. The minimum absolute atomic E-state index is 0.0940. The Morgan fingerprint density at radius 1 is 1.19 bits per heavy atom. The lowest BCUT2D eigenvalue weighted by Crippen LogP contribution is -2.36. The number of hydrogen-bond donors (Lipinski definition) is 2. The van der Waals surface area contributed by atoms with Crippen molar-refractivity contribution in [3.63, 3.8) is 0 Å². The molecule has 1 aromatic carbocycles. The van der Waals surface area contributed by atoms with Crippen molar-refractivity contribution in [1.29, 1.82) is 0 Å². The minimum Gasteiger partial charge on any atom is -0.386 e. The van der Waals surface area contributed by atoms with Crippen molar-refractivity contribution >= 4 is 17.1 Å². The highest BCUT2D eigenvalue weighted by Crippen LogP contribution is 2.21. The Kier molecular flexibility index (Phi) is 4.91. The molecule has 2 aromatic heterocycles. The molecule has 3 aromatic rings. The molecule has 142 valence electrons. The molecule has 0 aliphatic rings. The Hall–Kier alpha value is -3.27. The number of nitrogens with one attached hydrogen (secondary N) is 1. The van der Waals surface area contributed by atoms with E-state index in [1.54, 1.807) is 7.05 Å². The summed E-state index contributed by atoms with van der Waals surface area (Å²) in [5.74, 6) is 0.0940. The monoisotopic (exact) mass is 371 g/mol. The van der Waals surface area contributed by atoms with E-state index in [2.05, 4.69) is 20.3 Å². The predicted octanol–water partition coefficient (Wildman–Crippen LogP) is 1.01. The van der Waals surface area contributed by atoms with E-state index in [1.807, 2.05) is 37.3 Å². The average Bonchev–Trinajstić information content (AvgIpc) is 3.13. The van der Waals surface area contributed by atoms with Crippen molar-refractivity contribution < 1.29 is 5.11 Å². The molecule has 0 unspecified atom stereocenters. The van der Waals surface area contributed by atoms with Crippen LogP contribution in [0.25, 0.3) is 11.2 Å². The number of H-pyrrole nitrogens is 1. The summed E-state index contributed by atoms with van der Waals surface area (Å²) in [4.78, 5) is 31.1. The van der Waals surface area contributed by atoms with Crippen molar-refractivity contribution in [1.82, 2.24) is 24.1 Å². The summed E-state index contributed by atoms with van der Waals surface area (Å²) in [7, 11) is 4.60. The fraction of sp³-hybridized carbons (Fsp3) is 0.353. The topological polar surface area (TPSA) is 121 Å². The molecule has 3 rings (SSSR count). The summed E-state index contributed by atoms with van der Waals surface area (Å²) >= 11 is 0. The van der Waals surface area contributed by atoms with Gasteiger partial charge in [0.1, 0.15) is 6.10 Å². The highest BCUT2D eigenvalue weighted by molar-refractivity contribution is 5.71. The van der Waals surface area contributed by atoms with Crippen LogP contribution in [0.2, 0.25) is 0 Å². The molecule has 10 nitrogen and oxygen atoms in total. The first-order chi connectivity index (χ1) is 12.8. The molecule has 10 heteroatoms. The number of benzene rings is 1. The maximum absolute atomic E-state index is 12.2. The Morgan fingerprint density at radius 3 is 2.52 bits per heavy atom. The van der Waals surface area contributed by atoms with E-state index in [9.17, 15) is 14.7 Å². The highest BCUT2D eigenvalue weighted by atomic mass is 16.3. The molecule has 0 amide bonds. The van der Waals surface area contributed by atoms with Crippen LogP contribution < -0.4 is 11.2 Å². The van der Waals surface area contributed by atoms with Crippen molar-refractivity contribution in [2.45, 2.75) is 19.1 Å². The number of aromatic nitrogens is 4. The van der Waals surface area contributed by atoms with Gasteiger partial charge in [-0.2, -0.15) is 4.98 Å². The standard InChI is InChI=1S/C17H21N7O3/c1-10(13(25)11-8-6-5-7-9-11)24(4)21-20-16-18-12-14(19-16)22(2)17(27)23(3)15(12)26/h5-10,13,25H,1-4H3,(H,18,19)/t10-,13-/m1/s1. The lowest BCUT2D eigenvalue weighted by Gasteiger charge is -2.25. The first-order valence-corrected chi connectivity index (χ1v) is 8.34. The van der Waals surface area contributed by atoms with Crippen LogP contribution in [0.4, 0.5) is 5.95 Å². The summed E-state index contributed by atoms with van der Waals surface area (Å²) in [6, 6.07) is 8.91. The zero-order valence-electron chi connectivity index (χ0n) is 15.5. The van der Waals surface area contributed by atoms with Gasteiger partial charge in [-0.15, -0.1) is 0 Å². The Labute approximate surface area is 154 Å². The van der Waals surface area contributed by atoms with Crippen molar-refractivity contribution in [3.8, 4) is 0 Å². The van der Waals surface area contributed by atoms with E-state index in [-0.39, 0.29) is 23.2 Å². The van der Waals surface area contributed by atoms with Crippen molar-refractivity contribution in [3.05, 3.63) is 56.7 Å². The number of fused-ring (bicyclic) bond motifs is 1. The second-order valence-electron chi connectivity index (χ2n) is 6.32. The van der Waals surface area contributed by atoms with Crippen LogP contribution >= 0.6 is 0 Å². The predicted molar refractivity (Wildman–Crippen MR) is 99.7 cm³/mol. The van der Waals surface area contributed by atoms with Crippen molar-refractivity contribution in [2.24, 2.45) is 24.4 Å². The number of likely N-dealkylation sites (N-methyl/N-ethyl adjacent to an activating group) is 1. The van der Waals surface area contributed by atoms with Gasteiger partial charge in [-0.25, -0.2) is 4.79 Å². The molecule has 2 N–H and O–H groups in total. The maximum atomic E-state index is 12.2. The van der Waals surface area contributed by atoms with Crippen LogP contribution in [0.15, 0.2) is 50.3 Å². The van der Waals surface area contributed by atoms with E-state index in [0.29, 0.717) is 0 Å². The summed E-state index contributed by atoms with van der Waals surface area (Å²) in [6.07, 6.45) is -0.751. The minimum atomic E-state index is -0.751. The lowest BCUT2D eigenvalue weighted by molar-refractivity contribution is 0.0700. The molecule has 0 saturated carbocycles. The van der Waals surface area contributed by atoms with Gasteiger partial charge in [0, 0.05) is 21.1 Å². The maximum Gasteiger partial charge on any atom is 0.332 e. The average molecular weight is 371 g/mol. The van der Waals surface area contributed by atoms with Gasteiger partial charge in [-0.05, 0) is 12.5 Å². The lowest BCUT2D eigenvalue weighted by atomic mass is 10.0. The van der Waals surface area contributed by atoms with E-state index in [4.69, 9.17) is 0 Å². The van der Waals surface area contributed by atoms with Gasteiger partial charge < -0.3 is 10.1 Å². The second kappa shape index (κ2) is 7.16. The Morgan fingerprint density at radius 2 is 1.85 bits per heavy atom. The Balaban J connectivity index is 1.85. The number of aliphatic hydroxyl groups is 1. The third kappa shape index (κ3) is 3.38. The molecule has 0 bridgehead atoms. The zero-order chi connectivity index (χ0) is 19.7. The third-order valence-corrected chi connectivity index (χ3v) is 4.55. The fourth-order valence-electron chi connectivity index (χ4n) is 2.69. The van der Waals surface area contributed by atoms with Crippen molar-refractivity contribution in [2.75, 3.05) is 7.05 Å². The van der Waals surface area contributed by atoms with Gasteiger partial charge >= 0.3 is 5.69 Å². The van der Waals surface area contributed by atoms with Crippen LogP contribution in [-0.4, -0.2) is 42.3 Å². The number of aryl methyl sites for hydroxylation is 1. The van der Waals surface area contributed by atoms with Crippen LogP contribution in [0.5, 0.6) is 0 Å². The molecule has 0 saturated heterocycles. The van der Waals surface area contributed by atoms with Gasteiger partial charge in [0.2, 0.25) is 0 Å². The van der Waals surface area contributed by atoms with Gasteiger partial charge in [0.25, 0.3) is 11.5 Å². The molecular weight excluding hydrogens is 350 g/mol. The normalized spacial score (nSPS) is 14.0. The SMILES string of the molecule is C[C@H]([C@@H](O)c1ccccc1)N(C)N=Nc1nc2c([nH]1)c(=O)n(C)c(=O)n2C. The van der Waals surface area contributed by atoms with Gasteiger partial charge in [0.15, 0.2) is 11.2 Å². The highest BCUT2D eigenvalue weighted by Gasteiger charge is 2.20. The first-order valence-electron chi connectivity index (χ1n) is 8.34. The first kappa shape index (κ1) is 18.5. The van der Waals surface area contributed by atoms with Crippen LogP contribution in [0.3, 0.4) is 0 Å². The van der Waals surface area contributed by atoms with Crippen LogP contribution in [0.1, 0.15) is 18.6 Å². The molecule has 0 aliphatic carbocycles. The number of aliphatic hydroxyl groups excluding tert-OH is 1. The summed E-state index contributed by atoms with van der Waals surface area (Å²) in [6.45, 7) is 1.81. The molecule has 0 aliphatic heterocycles. The summed E-state index contributed by atoms with van der Waals surface area (Å²) in [5, 5.41) is 20.0. The van der Waals surface area contributed by atoms with E-state index in [1.165, 1.54) is 23.7 Å². The molecule has 0 radical (unpaired) electrons. The number of imidazole rings is 1. The molecule has 0 spiro atoms. The molecular formula is C17H21N7O3. The summed E-state index contributed by atoms with van der Waals surface area (Å²) in [5.41, 5.74) is 0.197. The third-order valence-electron chi connectivity index (χ3n) is 4.55. The van der Waals surface area contributed by atoms with Crippen LogP contribution in [-0.2, 0) is 14.1 Å². The number of rotatable bonds is 5. The van der Waals surface area contributed by atoms with Crippen LogP contribution in [0, 0.1) is 0 Å². The second-order valence-corrected chi connectivity index (χ2v) is 6.32. The largest absolute Gasteiger partial charge is 0.386 e.